The van der Waals surface area contributed by atoms with Crippen molar-refractivity contribution in [1.82, 2.24) is 20.2 Å². The zero-order valence-corrected chi connectivity index (χ0v) is 15.7. The monoisotopic (exact) mass is 369 g/mol. The number of aromatic nitrogens is 2. The van der Waals surface area contributed by atoms with E-state index in [1.807, 2.05) is 25.1 Å². The molecule has 3 N–H and O–H groups in total. The second-order valence-corrected chi connectivity index (χ2v) is 8.29. The number of Topliss-reactive ketones (excluding diaryl/α,β-unsaturated/α-hetero) is 1. The summed E-state index contributed by atoms with van der Waals surface area (Å²) in [4.78, 5) is 19.5. The Balaban J connectivity index is 1.36. The van der Waals surface area contributed by atoms with Crippen molar-refractivity contribution < 1.29 is 9.90 Å². The number of rotatable bonds is 2. The quantitative estimate of drug-likeness (QED) is 0.730. The number of nitrogens with zero attached hydrogens (tertiary/aromatic N) is 3. The molecule has 7 heteroatoms. The molecule has 4 heterocycles. The zero-order valence-electron chi connectivity index (χ0n) is 15.7. The van der Waals surface area contributed by atoms with E-state index in [-0.39, 0.29) is 23.5 Å². The highest BCUT2D eigenvalue weighted by Crippen LogP contribution is 2.33. The molecule has 0 radical (unpaired) electrons. The minimum Gasteiger partial charge on any atom is -0.392 e. The number of nitrogens with one attached hydrogen (secondary N) is 2. The van der Waals surface area contributed by atoms with Crippen molar-refractivity contribution in [3.63, 3.8) is 0 Å². The summed E-state index contributed by atoms with van der Waals surface area (Å²) in [5.41, 5.74) is 2.85. The molecule has 2 atom stereocenters. The third kappa shape index (κ3) is 2.76. The van der Waals surface area contributed by atoms with Crippen LogP contribution in [0.1, 0.15) is 36.5 Å². The number of carbonyl (C=O) groups is 1. The molecule has 2 fully saturated rings. The number of piperazine rings is 1. The Morgan fingerprint density at radius 1 is 1.30 bits per heavy atom. The first kappa shape index (κ1) is 17.2. The Morgan fingerprint density at radius 3 is 2.81 bits per heavy atom. The van der Waals surface area contributed by atoms with Gasteiger partial charge in [-0.05, 0) is 31.9 Å². The maximum Gasteiger partial charge on any atom is 0.206 e. The van der Waals surface area contributed by atoms with Crippen LogP contribution in [-0.2, 0) is 6.54 Å². The number of para-hydroxylation sites is 1. The summed E-state index contributed by atoms with van der Waals surface area (Å²) in [5.74, 6) is 1.23. The standard InChI is InChI=1S/C20H27N5O2/c1-13(26)16-11-22-20(12-21-16)6-9-24(10-7-20)19-23-15-4-2-3-14-17(27)5-8-25(19)18(14)15/h2-4,13,16,21-22,26H,5-12H2,1H3. The van der Waals surface area contributed by atoms with Gasteiger partial charge >= 0.3 is 0 Å². The van der Waals surface area contributed by atoms with Crippen molar-refractivity contribution in [3.8, 4) is 0 Å². The molecule has 1 aromatic carbocycles. The Morgan fingerprint density at radius 2 is 2.11 bits per heavy atom. The Labute approximate surface area is 158 Å². The van der Waals surface area contributed by atoms with Crippen molar-refractivity contribution in [2.24, 2.45) is 0 Å². The Hall–Kier alpha value is -1.96. The molecule has 3 aliphatic heterocycles. The van der Waals surface area contributed by atoms with Gasteiger partial charge in [0.1, 0.15) is 0 Å². The van der Waals surface area contributed by atoms with Crippen LogP contribution in [0.4, 0.5) is 5.95 Å². The lowest BCUT2D eigenvalue weighted by atomic mass is 9.85. The van der Waals surface area contributed by atoms with Crippen LogP contribution < -0.4 is 15.5 Å². The summed E-state index contributed by atoms with van der Waals surface area (Å²) in [7, 11) is 0. The molecule has 0 amide bonds. The molecule has 0 bridgehead atoms. The van der Waals surface area contributed by atoms with Crippen molar-refractivity contribution in [3.05, 3.63) is 23.8 Å². The summed E-state index contributed by atoms with van der Waals surface area (Å²) in [6.07, 6.45) is 2.31. The molecular formula is C20H27N5O2. The van der Waals surface area contributed by atoms with Gasteiger partial charge in [0.15, 0.2) is 5.78 Å². The van der Waals surface area contributed by atoms with E-state index in [0.29, 0.717) is 6.42 Å². The molecular weight excluding hydrogens is 342 g/mol. The Bertz CT molecular complexity index is 872. The van der Waals surface area contributed by atoms with E-state index < -0.39 is 0 Å². The third-order valence-corrected chi connectivity index (χ3v) is 6.59. The van der Waals surface area contributed by atoms with Gasteiger partial charge < -0.3 is 25.2 Å². The smallest absolute Gasteiger partial charge is 0.206 e. The number of aliphatic hydroxyl groups is 1. The predicted molar refractivity (Wildman–Crippen MR) is 104 cm³/mol. The minimum absolute atomic E-state index is 0.108. The number of aryl methyl sites for hydroxylation is 1. The molecule has 2 saturated heterocycles. The molecule has 7 nitrogen and oxygen atoms in total. The number of hydrogen-bond acceptors (Lipinski definition) is 6. The van der Waals surface area contributed by atoms with Gasteiger partial charge in [0, 0.05) is 56.3 Å². The normalized spacial score (nSPS) is 25.9. The fraction of sp³-hybridized carbons (Fsp3) is 0.600. The highest BCUT2D eigenvalue weighted by Gasteiger charge is 2.39. The van der Waals surface area contributed by atoms with Crippen LogP contribution in [-0.4, -0.2) is 64.3 Å². The highest BCUT2D eigenvalue weighted by molar-refractivity contribution is 6.08. The van der Waals surface area contributed by atoms with E-state index >= 15 is 0 Å². The molecule has 0 aliphatic carbocycles. The first-order chi connectivity index (χ1) is 13.1. The topological polar surface area (TPSA) is 82.4 Å². The van der Waals surface area contributed by atoms with Crippen LogP contribution >= 0.6 is 0 Å². The molecule has 1 aromatic heterocycles. The average molecular weight is 369 g/mol. The second-order valence-electron chi connectivity index (χ2n) is 8.29. The van der Waals surface area contributed by atoms with Crippen LogP contribution in [0.5, 0.6) is 0 Å². The number of aliphatic hydroxyl groups excluding tert-OH is 1. The lowest BCUT2D eigenvalue weighted by molar-refractivity contribution is 0.0973. The molecule has 144 valence electrons. The molecule has 3 aliphatic rings. The number of piperidine rings is 1. The number of hydrogen-bond donors (Lipinski definition) is 3. The van der Waals surface area contributed by atoms with E-state index in [9.17, 15) is 9.90 Å². The van der Waals surface area contributed by atoms with Crippen LogP contribution in [0.2, 0.25) is 0 Å². The first-order valence-electron chi connectivity index (χ1n) is 10.0. The zero-order chi connectivity index (χ0) is 18.6. The summed E-state index contributed by atoms with van der Waals surface area (Å²) in [6, 6.07) is 5.99. The number of anilines is 1. The minimum atomic E-state index is -0.336. The van der Waals surface area contributed by atoms with Gasteiger partial charge in [0.2, 0.25) is 5.95 Å². The summed E-state index contributed by atoms with van der Waals surface area (Å²) < 4.78 is 2.24. The molecule has 0 saturated carbocycles. The van der Waals surface area contributed by atoms with Crippen LogP contribution in [0.3, 0.4) is 0 Å². The fourth-order valence-corrected chi connectivity index (χ4v) is 4.82. The molecule has 1 spiro atoms. The van der Waals surface area contributed by atoms with Gasteiger partial charge in [-0.25, -0.2) is 4.98 Å². The summed E-state index contributed by atoms with van der Waals surface area (Å²) >= 11 is 0. The van der Waals surface area contributed by atoms with Crippen LogP contribution in [0, 0.1) is 0 Å². The van der Waals surface area contributed by atoms with Gasteiger partial charge in [0.25, 0.3) is 0 Å². The maximum absolute atomic E-state index is 12.2. The Kier molecular flexibility index (Phi) is 4.00. The number of carbonyl (C=O) groups excluding carboxylic acids is 1. The number of imidazole rings is 1. The maximum atomic E-state index is 12.2. The second kappa shape index (κ2) is 6.29. The number of benzene rings is 1. The van der Waals surface area contributed by atoms with Crippen LogP contribution in [0.15, 0.2) is 18.2 Å². The summed E-state index contributed by atoms with van der Waals surface area (Å²) in [6.45, 7) is 6.15. The first-order valence-corrected chi connectivity index (χ1v) is 10.0. The lowest BCUT2D eigenvalue weighted by Gasteiger charge is -2.47. The van der Waals surface area contributed by atoms with E-state index in [2.05, 4.69) is 20.1 Å². The number of ketones is 1. The third-order valence-electron chi connectivity index (χ3n) is 6.59. The van der Waals surface area contributed by atoms with Crippen molar-refractivity contribution in [1.29, 1.82) is 0 Å². The highest BCUT2D eigenvalue weighted by atomic mass is 16.3. The predicted octanol–water partition coefficient (Wildman–Crippen LogP) is 0.904. The fourth-order valence-electron chi connectivity index (χ4n) is 4.82. The van der Waals surface area contributed by atoms with E-state index in [1.54, 1.807) is 0 Å². The van der Waals surface area contributed by atoms with Gasteiger partial charge in [0.05, 0.1) is 17.1 Å². The van der Waals surface area contributed by atoms with E-state index in [1.165, 1.54) is 0 Å². The van der Waals surface area contributed by atoms with Crippen LogP contribution in [0.25, 0.3) is 11.0 Å². The van der Waals surface area contributed by atoms with Crippen molar-refractivity contribution in [2.75, 3.05) is 31.1 Å². The molecule has 5 rings (SSSR count). The largest absolute Gasteiger partial charge is 0.392 e. The average Bonchev–Trinajstić information content (AvgIpc) is 3.06. The van der Waals surface area contributed by atoms with Gasteiger partial charge in [-0.2, -0.15) is 0 Å². The van der Waals surface area contributed by atoms with Gasteiger partial charge in [-0.3, -0.25) is 4.79 Å². The molecule has 27 heavy (non-hydrogen) atoms. The van der Waals surface area contributed by atoms with Gasteiger partial charge in [-0.15, -0.1) is 0 Å². The van der Waals surface area contributed by atoms with E-state index in [4.69, 9.17) is 4.98 Å². The molecule has 2 unspecified atom stereocenters. The lowest BCUT2D eigenvalue weighted by Crippen LogP contribution is -2.67. The molecule has 2 aromatic rings. The van der Waals surface area contributed by atoms with Gasteiger partial charge in [-0.1, -0.05) is 6.07 Å². The SMILES string of the molecule is CC(O)C1CNC2(CCN(c3nc4cccc5c4n3CCC5=O)CC2)CN1. The summed E-state index contributed by atoms with van der Waals surface area (Å²) in [5, 5.41) is 17.0. The van der Waals surface area contributed by atoms with E-state index in [0.717, 1.165) is 68.1 Å². The van der Waals surface area contributed by atoms with Crippen molar-refractivity contribution in [2.45, 2.75) is 50.4 Å². The van der Waals surface area contributed by atoms with Crippen molar-refractivity contribution >= 4 is 22.8 Å².